The normalized spacial score (nSPS) is 11.9. The molecule has 0 saturated carbocycles. The molecule has 0 radical (unpaired) electrons. The second kappa shape index (κ2) is 8.96. The van der Waals surface area contributed by atoms with E-state index >= 15 is 0 Å². The first-order valence-corrected chi connectivity index (χ1v) is 5.53. The monoisotopic (exact) mass is 231 g/mol. The smallest absolute Gasteiger partial charge is 0.404 e. The van der Waals surface area contributed by atoms with Crippen LogP contribution < -0.4 is 16.8 Å². The van der Waals surface area contributed by atoms with Crippen LogP contribution in [0.5, 0.6) is 0 Å². The molecule has 0 aliphatic carbocycles. The third-order valence-corrected chi connectivity index (χ3v) is 2.07. The molecule has 0 heterocycles. The van der Waals surface area contributed by atoms with Crippen molar-refractivity contribution >= 4 is 12.0 Å². The second-order valence-corrected chi connectivity index (χ2v) is 3.59. The lowest BCUT2D eigenvalue weighted by molar-refractivity contribution is -0.123. The van der Waals surface area contributed by atoms with Crippen LogP contribution in [0.3, 0.4) is 0 Å². The molecule has 6 nitrogen and oxygen atoms in total. The van der Waals surface area contributed by atoms with Crippen LogP contribution in [0.4, 0.5) is 4.79 Å². The second-order valence-electron chi connectivity index (χ2n) is 3.59. The summed E-state index contributed by atoms with van der Waals surface area (Å²) in [6, 6.07) is -0.848. The van der Waals surface area contributed by atoms with Crippen LogP contribution in [0.15, 0.2) is 0 Å². The summed E-state index contributed by atoms with van der Waals surface area (Å²) in [6.45, 7) is 2.54. The Morgan fingerprint density at radius 3 is 2.56 bits per heavy atom. The van der Waals surface area contributed by atoms with Gasteiger partial charge in [0.1, 0.15) is 12.6 Å². The van der Waals surface area contributed by atoms with Crippen molar-refractivity contribution in [3.8, 4) is 0 Å². The Kier molecular flexibility index (Phi) is 8.24. The summed E-state index contributed by atoms with van der Waals surface area (Å²) < 4.78 is 4.42. The van der Waals surface area contributed by atoms with Crippen molar-refractivity contribution in [1.82, 2.24) is 5.32 Å². The summed E-state index contributed by atoms with van der Waals surface area (Å²) >= 11 is 0. The average Bonchev–Trinajstić information content (AvgIpc) is 2.25. The van der Waals surface area contributed by atoms with Crippen molar-refractivity contribution in [3.05, 3.63) is 0 Å². The SMILES string of the molecule is CCCCCCNC(=O)[C@@H](N)COC(N)=O. The number of ether oxygens (including phenoxy) is 1. The minimum absolute atomic E-state index is 0.184. The van der Waals surface area contributed by atoms with E-state index in [1.807, 2.05) is 0 Å². The standard InChI is InChI=1S/C10H21N3O3/c1-2-3-4-5-6-13-9(14)8(11)7-16-10(12)15/h8H,2-7,11H2,1H3,(H2,12,15)(H,13,14)/t8-/m0/s1. The Balaban J connectivity index is 3.51. The Morgan fingerprint density at radius 2 is 2.00 bits per heavy atom. The third kappa shape index (κ3) is 8.05. The molecule has 0 aliphatic rings. The molecular weight excluding hydrogens is 210 g/mol. The highest BCUT2D eigenvalue weighted by atomic mass is 16.5. The van der Waals surface area contributed by atoms with Crippen molar-refractivity contribution in [2.24, 2.45) is 11.5 Å². The fourth-order valence-electron chi connectivity index (χ4n) is 1.14. The molecule has 6 heteroatoms. The number of hydrogen-bond donors (Lipinski definition) is 3. The number of nitrogens with two attached hydrogens (primary N) is 2. The van der Waals surface area contributed by atoms with E-state index in [0.29, 0.717) is 6.54 Å². The molecule has 0 aromatic heterocycles. The summed E-state index contributed by atoms with van der Waals surface area (Å²) in [5, 5.41) is 2.67. The minimum Gasteiger partial charge on any atom is -0.447 e. The van der Waals surface area contributed by atoms with E-state index in [9.17, 15) is 9.59 Å². The van der Waals surface area contributed by atoms with Crippen molar-refractivity contribution < 1.29 is 14.3 Å². The number of nitrogens with one attached hydrogen (secondary N) is 1. The minimum atomic E-state index is -0.925. The van der Waals surface area contributed by atoms with Gasteiger partial charge in [-0.05, 0) is 6.42 Å². The van der Waals surface area contributed by atoms with Gasteiger partial charge in [0.05, 0.1) is 0 Å². The van der Waals surface area contributed by atoms with Gasteiger partial charge in [-0.2, -0.15) is 0 Å². The molecule has 1 atom stereocenters. The van der Waals surface area contributed by atoms with Gasteiger partial charge in [-0.3, -0.25) is 4.79 Å². The van der Waals surface area contributed by atoms with Crippen LogP contribution in [0.1, 0.15) is 32.6 Å². The van der Waals surface area contributed by atoms with Gasteiger partial charge in [0.15, 0.2) is 0 Å². The van der Waals surface area contributed by atoms with E-state index in [-0.39, 0.29) is 12.5 Å². The first-order chi connectivity index (χ1) is 7.57. The maximum atomic E-state index is 11.3. The van der Waals surface area contributed by atoms with Gasteiger partial charge in [-0.25, -0.2) is 4.79 Å². The molecule has 0 aromatic carbocycles. The van der Waals surface area contributed by atoms with Crippen LogP contribution in [-0.2, 0) is 9.53 Å². The topological polar surface area (TPSA) is 107 Å². The van der Waals surface area contributed by atoms with Gasteiger partial charge in [0.2, 0.25) is 5.91 Å². The molecule has 0 rings (SSSR count). The maximum absolute atomic E-state index is 11.3. The molecule has 0 bridgehead atoms. The zero-order valence-electron chi connectivity index (χ0n) is 9.70. The zero-order valence-corrected chi connectivity index (χ0v) is 9.70. The number of primary amides is 1. The van der Waals surface area contributed by atoms with E-state index in [1.54, 1.807) is 0 Å². The summed E-state index contributed by atoms with van der Waals surface area (Å²) in [6.07, 6.45) is 3.41. The number of rotatable bonds is 8. The van der Waals surface area contributed by atoms with Crippen LogP contribution >= 0.6 is 0 Å². The molecule has 16 heavy (non-hydrogen) atoms. The summed E-state index contributed by atoms with van der Waals surface area (Å²) in [4.78, 5) is 21.6. The van der Waals surface area contributed by atoms with Gasteiger partial charge in [-0.1, -0.05) is 26.2 Å². The van der Waals surface area contributed by atoms with Gasteiger partial charge in [-0.15, -0.1) is 0 Å². The van der Waals surface area contributed by atoms with Gasteiger partial charge >= 0.3 is 6.09 Å². The molecule has 0 spiro atoms. The molecular formula is C10H21N3O3. The highest BCUT2D eigenvalue weighted by molar-refractivity contribution is 5.81. The molecule has 0 aliphatic heterocycles. The van der Waals surface area contributed by atoms with Crippen LogP contribution in [-0.4, -0.2) is 31.2 Å². The number of carbonyl (C=O) groups is 2. The molecule has 5 N–H and O–H groups in total. The Morgan fingerprint density at radius 1 is 1.31 bits per heavy atom. The Hall–Kier alpha value is -1.30. The third-order valence-electron chi connectivity index (χ3n) is 2.07. The van der Waals surface area contributed by atoms with Gasteiger partial charge in [0, 0.05) is 6.54 Å². The van der Waals surface area contributed by atoms with E-state index in [2.05, 4.69) is 17.0 Å². The van der Waals surface area contributed by atoms with Gasteiger partial charge < -0.3 is 21.5 Å². The maximum Gasteiger partial charge on any atom is 0.404 e. The fraction of sp³-hybridized carbons (Fsp3) is 0.800. The Labute approximate surface area is 95.7 Å². The molecule has 0 unspecified atom stereocenters. The van der Waals surface area contributed by atoms with E-state index in [0.717, 1.165) is 25.7 Å². The van der Waals surface area contributed by atoms with E-state index in [4.69, 9.17) is 11.5 Å². The number of unbranched alkanes of at least 4 members (excludes halogenated alkanes) is 3. The fourth-order valence-corrected chi connectivity index (χ4v) is 1.14. The first-order valence-electron chi connectivity index (χ1n) is 5.53. The summed E-state index contributed by atoms with van der Waals surface area (Å²) in [5.74, 6) is -0.322. The molecule has 94 valence electrons. The summed E-state index contributed by atoms with van der Waals surface area (Å²) in [7, 11) is 0. The zero-order chi connectivity index (χ0) is 12.4. The lowest BCUT2D eigenvalue weighted by Crippen LogP contribution is -2.44. The van der Waals surface area contributed by atoms with Crippen molar-refractivity contribution in [2.75, 3.05) is 13.2 Å². The van der Waals surface area contributed by atoms with Crippen molar-refractivity contribution in [2.45, 2.75) is 38.6 Å². The van der Waals surface area contributed by atoms with Crippen LogP contribution in [0.25, 0.3) is 0 Å². The molecule has 0 saturated heterocycles. The first kappa shape index (κ1) is 14.7. The Bertz CT molecular complexity index is 221. The van der Waals surface area contributed by atoms with Gasteiger partial charge in [0.25, 0.3) is 0 Å². The summed E-state index contributed by atoms with van der Waals surface area (Å²) in [5.41, 5.74) is 10.2. The highest BCUT2D eigenvalue weighted by Gasteiger charge is 2.13. The lowest BCUT2D eigenvalue weighted by Gasteiger charge is -2.11. The molecule has 0 fully saturated rings. The van der Waals surface area contributed by atoms with E-state index < -0.39 is 12.1 Å². The predicted octanol–water partition coefficient (Wildman–Crippen LogP) is 0.106. The van der Waals surface area contributed by atoms with Crippen LogP contribution in [0, 0.1) is 0 Å². The largest absolute Gasteiger partial charge is 0.447 e. The van der Waals surface area contributed by atoms with E-state index in [1.165, 1.54) is 0 Å². The highest BCUT2D eigenvalue weighted by Crippen LogP contribution is 1.97. The average molecular weight is 231 g/mol. The quantitative estimate of drug-likeness (QED) is 0.515. The number of amides is 2. The molecule has 2 amide bonds. The predicted molar refractivity (Wildman–Crippen MR) is 60.7 cm³/mol. The number of hydrogen-bond acceptors (Lipinski definition) is 4. The van der Waals surface area contributed by atoms with Crippen molar-refractivity contribution in [1.29, 1.82) is 0 Å². The molecule has 0 aromatic rings. The van der Waals surface area contributed by atoms with Crippen molar-refractivity contribution in [3.63, 3.8) is 0 Å². The number of carbonyl (C=O) groups excluding carboxylic acids is 2. The van der Waals surface area contributed by atoms with Crippen LogP contribution in [0.2, 0.25) is 0 Å². The lowest BCUT2D eigenvalue weighted by atomic mass is 10.2.